The molecule has 5 nitrogen and oxygen atoms in total. The molecular weight excluding hydrogens is 336 g/mol. The molecule has 3 aromatic rings. The highest BCUT2D eigenvalue weighted by Crippen LogP contribution is 2.31. The Bertz CT molecular complexity index is 924. The minimum absolute atomic E-state index is 0.668. The molecule has 1 unspecified atom stereocenters. The normalized spacial score (nSPS) is 13.0. The highest BCUT2D eigenvalue weighted by Gasteiger charge is 2.20. The van der Waals surface area contributed by atoms with Gasteiger partial charge < -0.3 is 9.29 Å². The molecule has 0 saturated carbocycles. The van der Waals surface area contributed by atoms with E-state index in [1.54, 1.807) is 13.3 Å². The van der Waals surface area contributed by atoms with Crippen molar-refractivity contribution in [2.24, 2.45) is 0 Å². The molecule has 0 fully saturated rings. The van der Waals surface area contributed by atoms with E-state index in [9.17, 15) is 8.76 Å². The fourth-order valence-electron chi connectivity index (χ4n) is 2.84. The first-order chi connectivity index (χ1) is 11.9. The predicted molar refractivity (Wildman–Crippen MR) is 98.8 cm³/mol. The van der Waals surface area contributed by atoms with Crippen LogP contribution < -0.4 is 9.46 Å². The summed E-state index contributed by atoms with van der Waals surface area (Å²) in [6.45, 7) is 3.65. The van der Waals surface area contributed by atoms with Gasteiger partial charge in [-0.15, -0.1) is 0 Å². The highest BCUT2D eigenvalue weighted by molar-refractivity contribution is 7.77. The minimum atomic E-state index is -2.32. The van der Waals surface area contributed by atoms with E-state index in [1.807, 2.05) is 62.4 Å². The lowest BCUT2D eigenvalue weighted by molar-refractivity contribution is 0.415. The molecule has 6 heteroatoms. The lowest BCUT2D eigenvalue weighted by Crippen LogP contribution is -2.37. The van der Waals surface area contributed by atoms with E-state index >= 15 is 0 Å². The number of nitrogens with zero attached hydrogens (tertiary/aromatic N) is 1. The van der Waals surface area contributed by atoms with Gasteiger partial charge in [0.1, 0.15) is 5.75 Å². The van der Waals surface area contributed by atoms with Gasteiger partial charge in [-0.25, -0.2) is 4.72 Å². The quantitative estimate of drug-likeness (QED) is 0.711. The predicted octanol–water partition coefficient (Wildman–Crippen LogP) is 3.53. The van der Waals surface area contributed by atoms with Gasteiger partial charge in [0.05, 0.1) is 12.6 Å². The van der Waals surface area contributed by atoms with Crippen LogP contribution in [0.25, 0.3) is 22.0 Å². The Kier molecular flexibility index (Phi) is 4.85. The molecule has 3 rings (SSSR count). The van der Waals surface area contributed by atoms with Gasteiger partial charge >= 0.3 is 0 Å². The number of pyridine rings is 1. The van der Waals surface area contributed by atoms with Crippen LogP contribution in [0.15, 0.2) is 54.7 Å². The first-order valence-corrected chi connectivity index (χ1v) is 8.89. The van der Waals surface area contributed by atoms with Gasteiger partial charge in [-0.3, -0.25) is 9.19 Å². The molecule has 0 aliphatic carbocycles. The maximum absolute atomic E-state index is 10.9. The summed E-state index contributed by atoms with van der Waals surface area (Å²) >= 11 is -2.32. The van der Waals surface area contributed by atoms with Crippen LogP contribution in [0.3, 0.4) is 0 Å². The fraction of sp³-hybridized carbons (Fsp3) is 0.211. The Labute approximate surface area is 149 Å². The van der Waals surface area contributed by atoms with Crippen molar-refractivity contribution in [2.75, 3.05) is 7.11 Å². The van der Waals surface area contributed by atoms with Crippen molar-refractivity contribution in [1.82, 2.24) is 9.71 Å². The van der Waals surface area contributed by atoms with Crippen molar-refractivity contribution in [3.8, 4) is 16.9 Å². The third kappa shape index (κ3) is 3.71. The van der Waals surface area contributed by atoms with E-state index in [-0.39, 0.29) is 0 Å². The number of ether oxygens (including phenoxy) is 1. The number of methoxy groups -OCH3 is 1. The standard InChI is InChI=1S/C19H20N2O3S/c1-19(2,21-25(22)23)14-6-4-13(5-7-14)16-10-11-20-18-12-15(24-3)8-9-17(16)18/h4-12,21H,1-3H3,(H,22,23)/p-1. The molecule has 0 aliphatic heterocycles. The monoisotopic (exact) mass is 355 g/mol. The van der Waals surface area contributed by atoms with Crippen LogP contribution in [0.1, 0.15) is 19.4 Å². The fourth-order valence-corrected chi connectivity index (χ4v) is 3.37. The summed E-state index contributed by atoms with van der Waals surface area (Å²) in [4.78, 5) is 4.41. The van der Waals surface area contributed by atoms with Crippen LogP contribution in [0.2, 0.25) is 0 Å². The van der Waals surface area contributed by atoms with Crippen LogP contribution in [-0.4, -0.2) is 20.9 Å². The van der Waals surface area contributed by atoms with Crippen molar-refractivity contribution in [3.63, 3.8) is 0 Å². The zero-order valence-corrected chi connectivity index (χ0v) is 15.1. The molecule has 0 amide bonds. The summed E-state index contributed by atoms with van der Waals surface area (Å²) in [6.07, 6.45) is 1.77. The van der Waals surface area contributed by atoms with E-state index in [2.05, 4.69) is 9.71 Å². The molecule has 0 radical (unpaired) electrons. The van der Waals surface area contributed by atoms with Crippen molar-refractivity contribution in [2.45, 2.75) is 19.4 Å². The topological polar surface area (TPSA) is 74.3 Å². The lowest BCUT2D eigenvalue weighted by atomic mass is 9.93. The Hall–Kier alpha value is -2.28. The number of hydrogen-bond acceptors (Lipinski definition) is 4. The largest absolute Gasteiger partial charge is 0.760 e. The van der Waals surface area contributed by atoms with Gasteiger partial charge in [0.2, 0.25) is 0 Å². The van der Waals surface area contributed by atoms with E-state index < -0.39 is 16.8 Å². The van der Waals surface area contributed by atoms with Gasteiger partial charge in [-0.05, 0) is 48.7 Å². The molecule has 0 aliphatic rings. The lowest BCUT2D eigenvalue weighted by Gasteiger charge is -2.28. The maximum atomic E-state index is 10.9. The van der Waals surface area contributed by atoms with Gasteiger partial charge in [0.25, 0.3) is 0 Å². The molecule has 1 N–H and O–H groups in total. The summed E-state index contributed by atoms with van der Waals surface area (Å²) in [5.74, 6) is 0.769. The number of nitrogens with one attached hydrogen (secondary N) is 1. The third-order valence-electron chi connectivity index (χ3n) is 4.21. The molecule has 1 heterocycles. The molecule has 130 valence electrons. The second-order valence-electron chi connectivity index (χ2n) is 6.28. The second kappa shape index (κ2) is 6.92. The molecule has 0 saturated heterocycles. The van der Waals surface area contributed by atoms with E-state index in [4.69, 9.17) is 4.74 Å². The summed E-state index contributed by atoms with van der Waals surface area (Å²) in [5, 5.41) is 1.04. The Morgan fingerprint density at radius 3 is 2.48 bits per heavy atom. The second-order valence-corrected chi connectivity index (χ2v) is 6.95. The average Bonchev–Trinajstić information content (AvgIpc) is 2.59. The van der Waals surface area contributed by atoms with Gasteiger partial charge in [0.15, 0.2) is 0 Å². The average molecular weight is 355 g/mol. The summed E-state index contributed by atoms with van der Waals surface area (Å²) < 4.78 is 29.7. The van der Waals surface area contributed by atoms with Crippen molar-refractivity contribution >= 4 is 22.2 Å². The minimum Gasteiger partial charge on any atom is -0.760 e. The molecule has 0 spiro atoms. The number of aromatic nitrogens is 1. The smallest absolute Gasteiger partial charge is 0.121 e. The molecule has 25 heavy (non-hydrogen) atoms. The van der Waals surface area contributed by atoms with Crippen LogP contribution in [-0.2, 0) is 16.8 Å². The van der Waals surface area contributed by atoms with Gasteiger partial charge in [-0.1, -0.05) is 24.3 Å². The highest BCUT2D eigenvalue weighted by atomic mass is 32.2. The zero-order chi connectivity index (χ0) is 18.0. The SMILES string of the molecule is COc1ccc2c(-c3ccc(C(C)(C)NS(=O)[O-])cc3)ccnc2c1. The first kappa shape index (κ1) is 17.5. The maximum Gasteiger partial charge on any atom is 0.121 e. The number of benzene rings is 2. The van der Waals surface area contributed by atoms with Crippen LogP contribution in [0.4, 0.5) is 0 Å². The first-order valence-electron chi connectivity index (χ1n) is 7.81. The van der Waals surface area contributed by atoms with E-state index in [1.165, 1.54) is 0 Å². The van der Waals surface area contributed by atoms with Crippen molar-refractivity contribution in [3.05, 3.63) is 60.3 Å². The van der Waals surface area contributed by atoms with Crippen LogP contribution in [0, 0.1) is 0 Å². The van der Waals surface area contributed by atoms with Crippen LogP contribution >= 0.6 is 0 Å². The summed E-state index contributed by atoms with van der Waals surface area (Å²) in [6, 6.07) is 15.6. The zero-order valence-electron chi connectivity index (χ0n) is 14.3. The van der Waals surface area contributed by atoms with Crippen molar-refractivity contribution in [1.29, 1.82) is 0 Å². The Morgan fingerprint density at radius 1 is 1.12 bits per heavy atom. The summed E-state index contributed by atoms with van der Waals surface area (Å²) in [7, 11) is 1.63. The van der Waals surface area contributed by atoms with Gasteiger partial charge in [0, 0.05) is 34.5 Å². The number of hydrogen-bond donors (Lipinski definition) is 1. The molecule has 0 bridgehead atoms. The number of fused-ring (bicyclic) bond motifs is 1. The Balaban J connectivity index is 2.00. The molecule has 1 atom stereocenters. The number of rotatable bonds is 5. The third-order valence-corrected chi connectivity index (χ3v) is 4.88. The molecule has 1 aromatic heterocycles. The van der Waals surface area contributed by atoms with Crippen LogP contribution in [0.5, 0.6) is 5.75 Å². The van der Waals surface area contributed by atoms with Crippen molar-refractivity contribution < 1.29 is 13.5 Å². The van der Waals surface area contributed by atoms with E-state index in [0.29, 0.717) is 0 Å². The Morgan fingerprint density at radius 2 is 1.84 bits per heavy atom. The van der Waals surface area contributed by atoms with Gasteiger partial charge in [-0.2, -0.15) is 0 Å². The molecule has 2 aromatic carbocycles. The summed E-state index contributed by atoms with van der Waals surface area (Å²) in [5.41, 5.74) is 3.20. The van der Waals surface area contributed by atoms with E-state index in [0.717, 1.165) is 33.3 Å². The molecular formula is C19H19N2O3S-.